The lowest BCUT2D eigenvalue weighted by Crippen LogP contribution is -2.51. The lowest BCUT2D eigenvalue weighted by molar-refractivity contribution is -0.134. The Labute approximate surface area is 252 Å². The van der Waals surface area contributed by atoms with Crippen LogP contribution in [0.2, 0.25) is 0 Å². The highest BCUT2D eigenvalue weighted by Crippen LogP contribution is 2.53. The number of rotatable bonds is 6. The summed E-state index contributed by atoms with van der Waals surface area (Å²) < 4.78 is 26.1. The van der Waals surface area contributed by atoms with E-state index in [1.165, 1.54) is 22.2 Å². The molecule has 1 spiro atoms. The number of para-hydroxylation sites is 1. The van der Waals surface area contributed by atoms with Gasteiger partial charge in [0.1, 0.15) is 29.6 Å². The molecule has 2 atom stereocenters. The maximum atomic E-state index is 14.7. The molecule has 44 heavy (non-hydrogen) atoms. The summed E-state index contributed by atoms with van der Waals surface area (Å²) in [7, 11) is -3.24. The summed E-state index contributed by atoms with van der Waals surface area (Å²) in [5.74, 6) is -0.432. The number of nitrogens with one attached hydrogen (secondary N) is 2. The third kappa shape index (κ3) is 4.20. The van der Waals surface area contributed by atoms with Gasteiger partial charge in [0, 0.05) is 30.3 Å². The van der Waals surface area contributed by atoms with Crippen molar-refractivity contribution in [3.8, 4) is 5.82 Å². The average Bonchev–Trinajstić information content (AvgIpc) is 3.73. The molecule has 15 heteroatoms. The van der Waals surface area contributed by atoms with Crippen LogP contribution in [0.25, 0.3) is 17.0 Å². The first-order valence-electron chi connectivity index (χ1n) is 14.5. The number of sulfone groups is 1. The quantitative estimate of drug-likeness (QED) is 0.325. The van der Waals surface area contributed by atoms with Gasteiger partial charge in [0.05, 0.1) is 23.5 Å². The van der Waals surface area contributed by atoms with Crippen molar-refractivity contribution in [3.05, 3.63) is 53.7 Å². The predicted octanol–water partition coefficient (Wildman–Crippen LogP) is 1.49. The van der Waals surface area contributed by atoms with E-state index in [2.05, 4.69) is 25.3 Å². The minimum atomic E-state index is -3.24. The van der Waals surface area contributed by atoms with Crippen LogP contribution >= 0.6 is 0 Å². The number of aromatic amines is 1. The number of aryl methyl sites for hydroxylation is 1. The van der Waals surface area contributed by atoms with Crippen LogP contribution in [0.3, 0.4) is 0 Å². The molecule has 228 valence electrons. The zero-order valence-corrected chi connectivity index (χ0v) is 25.3. The molecule has 3 aromatic heterocycles. The van der Waals surface area contributed by atoms with Crippen molar-refractivity contribution in [2.24, 2.45) is 5.92 Å². The molecule has 1 saturated heterocycles. The topological polar surface area (TPSA) is 176 Å². The molecule has 2 N–H and O–H groups in total. The number of nitrogens with zero attached hydrogens (tertiary/aromatic N) is 7. The van der Waals surface area contributed by atoms with Gasteiger partial charge in [-0.15, -0.1) is 0 Å². The largest absolute Gasteiger partial charge is 0.340 e. The predicted molar refractivity (Wildman–Crippen MR) is 160 cm³/mol. The SMILES string of the molecule is Cc1nn(-c2ncnc3nc[nH]c23)c2c1[C@@]1(CC(=O)N2)C(=O)N(CC(=O)N(CC(C)C)[C@H]2CCS(=O)(=O)C2)c2ccccc21. The normalized spacial score (nSPS) is 22.1. The minimum Gasteiger partial charge on any atom is -0.340 e. The molecule has 1 aromatic carbocycles. The summed E-state index contributed by atoms with van der Waals surface area (Å²) in [5, 5.41) is 7.64. The zero-order chi connectivity index (χ0) is 31.0. The van der Waals surface area contributed by atoms with Crippen LogP contribution in [0.4, 0.5) is 11.5 Å². The second-order valence-electron chi connectivity index (χ2n) is 12.1. The molecule has 14 nitrogen and oxygen atoms in total. The van der Waals surface area contributed by atoms with Crippen molar-refractivity contribution in [2.45, 2.75) is 45.1 Å². The van der Waals surface area contributed by atoms with Gasteiger partial charge in [0.2, 0.25) is 17.7 Å². The number of benzene rings is 1. The number of H-pyrrole nitrogens is 1. The van der Waals surface area contributed by atoms with E-state index in [9.17, 15) is 22.8 Å². The molecular weight excluding hydrogens is 586 g/mol. The fraction of sp³-hybridized carbons (Fsp3) is 0.414. The van der Waals surface area contributed by atoms with Gasteiger partial charge in [-0.2, -0.15) is 9.78 Å². The molecule has 3 aliphatic rings. The van der Waals surface area contributed by atoms with Gasteiger partial charge in [-0.25, -0.2) is 23.4 Å². The fourth-order valence-electron chi connectivity index (χ4n) is 6.91. The molecule has 0 aliphatic carbocycles. The molecule has 7 rings (SSSR count). The highest BCUT2D eigenvalue weighted by atomic mass is 32.2. The van der Waals surface area contributed by atoms with Crippen LogP contribution in [-0.2, 0) is 29.6 Å². The van der Waals surface area contributed by atoms with Crippen molar-refractivity contribution < 1.29 is 22.8 Å². The Hall–Kier alpha value is -4.66. The molecule has 6 heterocycles. The van der Waals surface area contributed by atoms with E-state index >= 15 is 0 Å². The van der Waals surface area contributed by atoms with E-state index in [1.807, 2.05) is 19.9 Å². The third-order valence-electron chi connectivity index (χ3n) is 8.66. The molecule has 3 amide bonds. The standard InChI is InChI=1S/C29H31N9O5S/c1-16(2)11-36(18-8-9-44(42,43)13-18)22(40)12-37-20-7-5-4-6-19(20)29(28(37)41)10-21(39)34-26-23(29)17(3)35-38(26)27-24-25(31-14-30-24)32-15-33-27/h4-7,14-16,18H,8-13H2,1-3H3,(H,34,39)(H,30,31,32,33)/t18-,29-/m0/s1. The monoisotopic (exact) mass is 617 g/mol. The average molecular weight is 618 g/mol. The fourth-order valence-corrected chi connectivity index (χ4v) is 8.65. The smallest absolute Gasteiger partial charge is 0.243 e. The summed E-state index contributed by atoms with van der Waals surface area (Å²) >= 11 is 0. The Morgan fingerprint density at radius 3 is 2.73 bits per heavy atom. The van der Waals surface area contributed by atoms with Crippen molar-refractivity contribution in [1.29, 1.82) is 0 Å². The Balaban J connectivity index is 1.32. The Kier molecular flexibility index (Phi) is 6.35. The van der Waals surface area contributed by atoms with Gasteiger partial charge in [-0.3, -0.25) is 14.4 Å². The van der Waals surface area contributed by atoms with Gasteiger partial charge >= 0.3 is 0 Å². The van der Waals surface area contributed by atoms with Gasteiger partial charge in [-0.1, -0.05) is 32.0 Å². The van der Waals surface area contributed by atoms with E-state index in [-0.39, 0.29) is 42.2 Å². The number of aromatic nitrogens is 6. The lowest BCUT2D eigenvalue weighted by Gasteiger charge is -2.34. The minimum absolute atomic E-state index is 0.0342. The number of hydrogen-bond acceptors (Lipinski definition) is 9. The van der Waals surface area contributed by atoms with Gasteiger partial charge in [0.15, 0.2) is 21.3 Å². The first-order chi connectivity index (χ1) is 21.0. The zero-order valence-electron chi connectivity index (χ0n) is 24.4. The number of amides is 3. The molecule has 0 unspecified atom stereocenters. The van der Waals surface area contributed by atoms with Crippen molar-refractivity contribution in [1.82, 2.24) is 34.6 Å². The molecule has 4 aromatic rings. The summed E-state index contributed by atoms with van der Waals surface area (Å²) in [6, 6.07) is 6.72. The summed E-state index contributed by atoms with van der Waals surface area (Å²) in [5.41, 5.74) is 1.66. The number of anilines is 2. The van der Waals surface area contributed by atoms with E-state index < -0.39 is 27.2 Å². The maximum Gasteiger partial charge on any atom is 0.243 e. The van der Waals surface area contributed by atoms with E-state index in [0.717, 1.165) is 0 Å². The van der Waals surface area contributed by atoms with Gasteiger partial charge in [-0.05, 0) is 30.9 Å². The summed E-state index contributed by atoms with van der Waals surface area (Å²) in [4.78, 5) is 60.9. The molecule has 0 saturated carbocycles. The van der Waals surface area contributed by atoms with E-state index in [4.69, 9.17) is 5.10 Å². The third-order valence-corrected chi connectivity index (χ3v) is 10.4. The maximum absolute atomic E-state index is 14.7. The van der Waals surface area contributed by atoms with Crippen molar-refractivity contribution >= 4 is 50.2 Å². The van der Waals surface area contributed by atoms with Crippen LogP contribution in [0, 0.1) is 12.8 Å². The molecule has 0 bridgehead atoms. The Morgan fingerprint density at radius 1 is 1.18 bits per heavy atom. The number of carbonyl (C=O) groups excluding carboxylic acids is 3. The number of fused-ring (bicyclic) bond motifs is 5. The number of hydrogen-bond donors (Lipinski definition) is 2. The highest BCUT2D eigenvalue weighted by Gasteiger charge is 2.58. The number of carbonyl (C=O) groups is 3. The summed E-state index contributed by atoms with van der Waals surface area (Å²) in [6.07, 6.45) is 3.03. The van der Waals surface area contributed by atoms with Crippen LogP contribution in [0.15, 0.2) is 36.9 Å². The molecular formula is C29H31N9O5S. The Bertz CT molecular complexity index is 1970. The van der Waals surface area contributed by atoms with Gasteiger partial charge in [0.25, 0.3) is 0 Å². The van der Waals surface area contributed by atoms with Crippen LogP contribution < -0.4 is 10.2 Å². The van der Waals surface area contributed by atoms with Crippen molar-refractivity contribution in [2.75, 3.05) is 34.8 Å². The second kappa shape index (κ2) is 9.94. The molecule has 3 aliphatic heterocycles. The second-order valence-corrected chi connectivity index (χ2v) is 14.3. The summed E-state index contributed by atoms with van der Waals surface area (Å²) in [6.45, 7) is 5.78. The van der Waals surface area contributed by atoms with Crippen LogP contribution in [0.5, 0.6) is 0 Å². The number of imidazole rings is 1. The molecule has 0 radical (unpaired) electrons. The van der Waals surface area contributed by atoms with E-state index in [0.29, 0.717) is 58.3 Å². The van der Waals surface area contributed by atoms with E-state index in [1.54, 1.807) is 30.0 Å². The van der Waals surface area contributed by atoms with Crippen LogP contribution in [0.1, 0.15) is 43.5 Å². The van der Waals surface area contributed by atoms with Crippen LogP contribution in [-0.4, -0.2) is 91.4 Å². The first-order valence-corrected chi connectivity index (χ1v) is 16.3. The lowest BCUT2D eigenvalue weighted by atomic mass is 9.70. The molecule has 1 fully saturated rings. The first kappa shape index (κ1) is 28.1. The highest BCUT2D eigenvalue weighted by molar-refractivity contribution is 7.91. The Morgan fingerprint density at radius 2 is 1.98 bits per heavy atom. The van der Waals surface area contributed by atoms with Gasteiger partial charge < -0.3 is 20.1 Å². The van der Waals surface area contributed by atoms with Crippen molar-refractivity contribution in [3.63, 3.8) is 0 Å².